The molecule has 0 amide bonds. The van der Waals surface area contributed by atoms with E-state index in [1.165, 1.54) is 4.31 Å². The first-order chi connectivity index (χ1) is 7.04. The van der Waals surface area contributed by atoms with Crippen molar-refractivity contribution in [3.05, 3.63) is 42.2 Å². The molecule has 0 aliphatic carbocycles. The van der Waals surface area contributed by atoms with Crippen molar-refractivity contribution in [2.45, 2.75) is 13.3 Å². The summed E-state index contributed by atoms with van der Waals surface area (Å²) < 4.78 is 23.8. The zero-order valence-corrected chi connectivity index (χ0v) is 9.70. The number of nitrogens with zero attached hydrogens (tertiary/aromatic N) is 1. The Bertz CT molecular complexity index is 386. The van der Waals surface area contributed by atoms with Gasteiger partial charge in [-0.1, -0.05) is 37.3 Å². The van der Waals surface area contributed by atoms with Gasteiger partial charge in [0.05, 0.1) is 6.26 Å². The van der Waals surface area contributed by atoms with Crippen LogP contribution in [0.2, 0.25) is 0 Å². The molecule has 1 rings (SSSR count). The number of sulfonamides is 1. The van der Waals surface area contributed by atoms with Crippen molar-refractivity contribution < 1.29 is 8.42 Å². The minimum atomic E-state index is -3.30. The van der Waals surface area contributed by atoms with E-state index in [9.17, 15) is 8.42 Å². The molecule has 1 aromatic carbocycles. The molecule has 0 aliphatic heterocycles. The van der Waals surface area contributed by atoms with Gasteiger partial charge in [-0.25, -0.2) is 12.7 Å². The summed E-state index contributed by atoms with van der Waals surface area (Å²) in [6, 6.07) is 9.82. The highest BCUT2D eigenvalue weighted by atomic mass is 32.2. The van der Waals surface area contributed by atoms with E-state index in [2.05, 4.69) is 6.26 Å². The fourth-order valence-electron chi connectivity index (χ4n) is 1.39. The first-order valence-corrected chi connectivity index (χ1v) is 6.52. The van der Waals surface area contributed by atoms with Gasteiger partial charge >= 0.3 is 0 Å². The fraction of sp³-hybridized carbons (Fsp3) is 0.364. The molecule has 0 heterocycles. The lowest BCUT2D eigenvalue weighted by atomic mass is 10.1. The maximum absolute atomic E-state index is 11.2. The second kappa shape index (κ2) is 5.28. The first-order valence-electron chi connectivity index (χ1n) is 4.91. The Hall–Kier alpha value is -0.870. The molecule has 0 saturated heterocycles. The smallest absolute Gasteiger partial charge is 0.212 e. The molecular formula is C11H16NO2S. The third kappa shape index (κ3) is 4.01. The summed E-state index contributed by atoms with van der Waals surface area (Å²) in [7, 11) is -3.30. The lowest BCUT2D eigenvalue weighted by Gasteiger charge is -2.17. The third-order valence-electron chi connectivity index (χ3n) is 2.24. The van der Waals surface area contributed by atoms with Crippen molar-refractivity contribution in [1.82, 2.24) is 4.31 Å². The van der Waals surface area contributed by atoms with E-state index < -0.39 is 10.0 Å². The van der Waals surface area contributed by atoms with Crippen LogP contribution in [0.1, 0.15) is 12.5 Å². The Labute approximate surface area is 91.8 Å². The van der Waals surface area contributed by atoms with Crippen LogP contribution < -0.4 is 0 Å². The standard InChI is InChI=1S/C11H16NO2S/c1-3-12(15(2,13)14)10-9-11-7-5-4-6-8-11/h4-8H,2-3,9-10H2,1H3. The SMILES string of the molecule is [CH2]S(=O)(=O)N(CC)CCc1ccccc1. The van der Waals surface area contributed by atoms with Crippen LogP contribution in [0.5, 0.6) is 0 Å². The summed E-state index contributed by atoms with van der Waals surface area (Å²) in [5, 5.41) is 0. The second-order valence-corrected chi connectivity index (χ2v) is 5.02. The fourth-order valence-corrected chi connectivity index (χ4v) is 2.16. The normalized spacial score (nSPS) is 11.9. The molecule has 0 aromatic heterocycles. The van der Waals surface area contributed by atoms with Crippen LogP contribution in [0, 0.1) is 6.26 Å². The molecule has 0 unspecified atom stereocenters. The number of benzene rings is 1. The van der Waals surface area contributed by atoms with E-state index in [0.717, 1.165) is 12.0 Å². The quantitative estimate of drug-likeness (QED) is 0.766. The van der Waals surface area contributed by atoms with E-state index in [-0.39, 0.29) is 0 Å². The van der Waals surface area contributed by atoms with Gasteiger partial charge in [0.25, 0.3) is 0 Å². The Kier molecular flexibility index (Phi) is 4.29. The van der Waals surface area contributed by atoms with Crippen molar-refractivity contribution in [2.75, 3.05) is 13.1 Å². The predicted octanol–water partition coefficient (Wildman–Crippen LogP) is 1.67. The van der Waals surface area contributed by atoms with Gasteiger partial charge in [-0.3, -0.25) is 0 Å². The minimum Gasteiger partial charge on any atom is -0.212 e. The molecule has 0 bridgehead atoms. The number of rotatable bonds is 5. The molecule has 1 aromatic rings. The van der Waals surface area contributed by atoms with Gasteiger partial charge in [0.1, 0.15) is 0 Å². The summed E-state index contributed by atoms with van der Waals surface area (Å²) >= 11 is 0. The van der Waals surface area contributed by atoms with Gasteiger partial charge < -0.3 is 0 Å². The van der Waals surface area contributed by atoms with Crippen LogP contribution in [-0.2, 0) is 16.4 Å². The van der Waals surface area contributed by atoms with Crippen molar-refractivity contribution in [2.24, 2.45) is 0 Å². The van der Waals surface area contributed by atoms with Gasteiger partial charge in [-0.05, 0) is 12.0 Å². The minimum absolute atomic E-state index is 0.471. The summed E-state index contributed by atoms with van der Waals surface area (Å²) in [6.07, 6.45) is 3.88. The van der Waals surface area contributed by atoms with Crippen molar-refractivity contribution in [1.29, 1.82) is 0 Å². The zero-order valence-electron chi connectivity index (χ0n) is 8.89. The van der Waals surface area contributed by atoms with Crippen molar-refractivity contribution in [3.63, 3.8) is 0 Å². The molecule has 3 nitrogen and oxygen atoms in total. The molecule has 0 fully saturated rings. The molecule has 0 spiro atoms. The van der Waals surface area contributed by atoms with Gasteiger partial charge in [0, 0.05) is 13.1 Å². The Morgan fingerprint density at radius 3 is 2.33 bits per heavy atom. The summed E-state index contributed by atoms with van der Waals surface area (Å²) in [4.78, 5) is 0. The number of hydrogen-bond donors (Lipinski definition) is 0. The van der Waals surface area contributed by atoms with Gasteiger partial charge in [0.2, 0.25) is 10.0 Å². The molecule has 83 valence electrons. The topological polar surface area (TPSA) is 37.4 Å². The highest BCUT2D eigenvalue weighted by Gasteiger charge is 2.13. The van der Waals surface area contributed by atoms with Crippen LogP contribution in [0.15, 0.2) is 30.3 Å². The summed E-state index contributed by atoms with van der Waals surface area (Å²) in [5.74, 6) is 0. The monoisotopic (exact) mass is 226 g/mol. The largest absolute Gasteiger partial charge is 0.215 e. The van der Waals surface area contributed by atoms with Crippen LogP contribution in [0.25, 0.3) is 0 Å². The van der Waals surface area contributed by atoms with E-state index >= 15 is 0 Å². The molecule has 4 heteroatoms. The molecule has 1 radical (unpaired) electrons. The van der Waals surface area contributed by atoms with E-state index in [0.29, 0.717) is 13.1 Å². The molecule has 0 atom stereocenters. The van der Waals surface area contributed by atoms with E-state index in [4.69, 9.17) is 0 Å². The maximum atomic E-state index is 11.2. The average molecular weight is 226 g/mol. The zero-order chi connectivity index (χ0) is 11.3. The predicted molar refractivity (Wildman–Crippen MR) is 61.7 cm³/mol. The first kappa shape index (κ1) is 12.2. The Balaban J connectivity index is 2.56. The lowest BCUT2D eigenvalue weighted by Crippen LogP contribution is -2.30. The lowest BCUT2D eigenvalue weighted by molar-refractivity contribution is 0.437. The molecule has 0 saturated carbocycles. The third-order valence-corrected chi connectivity index (χ3v) is 3.47. The van der Waals surface area contributed by atoms with Crippen LogP contribution in [-0.4, -0.2) is 25.8 Å². The van der Waals surface area contributed by atoms with E-state index in [1.54, 1.807) is 0 Å². The highest BCUT2D eigenvalue weighted by Crippen LogP contribution is 2.04. The molecule has 0 aliphatic rings. The van der Waals surface area contributed by atoms with Crippen LogP contribution in [0.3, 0.4) is 0 Å². The van der Waals surface area contributed by atoms with Crippen LogP contribution in [0.4, 0.5) is 0 Å². The molecular weight excluding hydrogens is 210 g/mol. The van der Waals surface area contributed by atoms with Gasteiger partial charge in [-0.2, -0.15) is 0 Å². The number of hydrogen-bond acceptors (Lipinski definition) is 2. The molecule has 15 heavy (non-hydrogen) atoms. The van der Waals surface area contributed by atoms with Crippen molar-refractivity contribution >= 4 is 10.0 Å². The Morgan fingerprint density at radius 2 is 1.87 bits per heavy atom. The number of likely N-dealkylation sites (N-methyl/N-ethyl adjacent to an activating group) is 1. The van der Waals surface area contributed by atoms with Gasteiger partial charge in [-0.15, -0.1) is 0 Å². The van der Waals surface area contributed by atoms with Crippen LogP contribution >= 0.6 is 0 Å². The Morgan fingerprint density at radius 1 is 1.27 bits per heavy atom. The molecule has 0 N–H and O–H groups in total. The van der Waals surface area contributed by atoms with E-state index in [1.807, 2.05) is 37.3 Å². The van der Waals surface area contributed by atoms with Crippen molar-refractivity contribution in [3.8, 4) is 0 Å². The summed E-state index contributed by atoms with van der Waals surface area (Å²) in [6.45, 7) is 2.78. The maximum Gasteiger partial charge on any atom is 0.215 e. The van der Waals surface area contributed by atoms with Gasteiger partial charge in [0.15, 0.2) is 0 Å². The average Bonchev–Trinajstić information content (AvgIpc) is 2.18. The summed E-state index contributed by atoms with van der Waals surface area (Å²) in [5.41, 5.74) is 1.14. The highest BCUT2D eigenvalue weighted by molar-refractivity contribution is 7.90. The second-order valence-electron chi connectivity index (χ2n) is 3.34.